The third kappa shape index (κ3) is 2.97. The summed E-state index contributed by atoms with van der Waals surface area (Å²) in [7, 11) is 2.01. The van der Waals surface area contributed by atoms with Crippen LogP contribution in [0, 0.1) is 0 Å². The van der Waals surface area contributed by atoms with Crippen molar-refractivity contribution in [2.24, 2.45) is 4.99 Å². The van der Waals surface area contributed by atoms with Gasteiger partial charge in [0.2, 0.25) is 0 Å². The number of aliphatic imine (C=N–C) groups is 1. The van der Waals surface area contributed by atoms with E-state index in [1.807, 2.05) is 49.6 Å². The van der Waals surface area contributed by atoms with Gasteiger partial charge in [-0.3, -0.25) is 4.99 Å². The number of rotatable bonds is 3. The van der Waals surface area contributed by atoms with Crippen molar-refractivity contribution in [2.75, 3.05) is 13.7 Å². The van der Waals surface area contributed by atoms with Gasteiger partial charge in [-0.1, -0.05) is 12.2 Å². The van der Waals surface area contributed by atoms with Crippen molar-refractivity contribution in [3.63, 3.8) is 0 Å². The Labute approximate surface area is 125 Å². The maximum atomic E-state index is 5.56. The molecular formula is C18H18N2O. The molecule has 2 heterocycles. The summed E-state index contributed by atoms with van der Waals surface area (Å²) in [6.07, 6.45) is 14.3. The Bertz CT molecular complexity index is 677. The normalized spacial score (nSPS) is 17.5. The van der Waals surface area contributed by atoms with E-state index in [1.54, 1.807) is 0 Å². The van der Waals surface area contributed by atoms with Crippen LogP contribution in [0.15, 0.2) is 65.5 Å². The first kappa shape index (κ1) is 13.4. The summed E-state index contributed by atoms with van der Waals surface area (Å²) in [4.78, 5) is 6.45. The van der Waals surface area contributed by atoms with Crippen LogP contribution in [0.3, 0.4) is 0 Å². The molecule has 1 aromatic carbocycles. The lowest BCUT2D eigenvalue weighted by Gasteiger charge is -2.11. The lowest BCUT2D eigenvalue weighted by atomic mass is 10.1. The van der Waals surface area contributed by atoms with E-state index in [1.165, 1.54) is 5.57 Å². The highest BCUT2D eigenvalue weighted by molar-refractivity contribution is 6.16. The average Bonchev–Trinajstić information content (AvgIpc) is 2.90. The van der Waals surface area contributed by atoms with E-state index in [9.17, 15) is 0 Å². The zero-order chi connectivity index (χ0) is 14.7. The molecule has 0 aliphatic carbocycles. The standard InChI is InChI=1S/C18H18N2O/c1-3-21-16-6-7-18-17(12-16)15(13-19-18)5-4-14-8-10-20(2)11-9-14/h4-13H,3H2,1-2H3/b15-5+. The van der Waals surface area contributed by atoms with Crippen molar-refractivity contribution in [2.45, 2.75) is 6.92 Å². The molecule has 0 spiro atoms. The number of benzene rings is 1. The molecule has 2 aliphatic rings. The van der Waals surface area contributed by atoms with Gasteiger partial charge >= 0.3 is 0 Å². The molecular weight excluding hydrogens is 260 g/mol. The molecule has 3 rings (SSSR count). The summed E-state index contributed by atoms with van der Waals surface area (Å²) in [5, 5.41) is 0. The molecule has 0 saturated heterocycles. The highest BCUT2D eigenvalue weighted by atomic mass is 16.5. The minimum absolute atomic E-state index is 0.672. The van der Waals surface area contributed by atoms with Gasteiger partial charge < -0.3 is 9.64 Å². The molecule has 0 N–H and O–H groups in total. The molecule has 0 unspecified atom stereocenters. The molecule has 2 aliphatic heterocycles. The first-order chi connectivity index (χ1) is 10.3. The molecule has 0 atom stereocenters. The van der Waals surface area contributed by atoms with Crippen LogP contribution < -0.4 is 4.74 Å². The van der Waals surface area contributed by atoms with Crippen molar-refractivity contribution >= 4 is 17.5 Å². The molecule has 106 valence electrons. The predicted octanol–water partition coefficient (Wildman–Crippen LogP) is 4.08. The minimum atomic E-state index is 0.672. The summed E-state index contributed by atoms with van der Waals surface area (Å²) in [5.74, 6) is 0.888. The Morgan fingerprint density at radius 2 is 2.00 bits per heavy atom. The van der Waals surface area contributed by atoms with E-state index in [-0.39, 0.29) is 0 Å². The number of ether oxygens (including phenoxy) is 1. The summed E-state index contributed by atoms with van der Waals surface area (Å²) < 4.78 is 5.56. The number of allylic oxidation sites excluding steroid dienone is 6. The molecule has 3 nitrogen and oxygen atoms in total. The molecule has 0 radical (unpaired) electrons. The van der Waals surface area contributed by atoms with Crippen LogP contribution in [0.2, 0.25) is 0 Å². The predicted molar refractivity (Wildman–Crippen MR) is 87.9 cm³/mol. The van der Waals surface area contributed by atoms with Crippen LogP contribution >= 0.6 is 0 Å². The summed E-state index contributed by atoms with van der Waals surface area (Å²) >= 11 is 0. The lowest BCUT2D eigenvalue weighted by Crippen LogP contribution is -2.02. The largest absolute Gasteiger partial charge is 0.494 e. The van der Waals surface area contributed by atoms with Crippen LogP contribution in [0.5, 0.6) is 5.75 Å². The van der Waals surface area contributed by atoms with Crippen molar-refractivity contribution in [3.05, 3.63) is 66.0 Å². The second-order valence-electron chi connectivity index (χ2n) is 4.96. The van der Waals surface area contributed by atoms with Gasteiger partial charge in [0.15, 0.2) is 0 Å². The zero-order valence-electron chi connectivity index (χ0n) is 12.3. The monoisotopic (exact) mass is 278 g/mol. The Morgan fingerprint density at radius 3 is 2.76 bits per heavy atom. The number of hydrogen-bond donors (Lipinski definition) is 0. The number of hydrogen-bond acceptors (Lipinski definition) is 3. The van der Waals surface area contributed by atoms with Crippen LogP contribution in [-0.2, 0) is 0 Å². The minimum Gasteiger partial charge on any atom is -0.494 e. The number of nitrogens with zero attached hydrogens (tertiary/aromatic N) is 2. The molecule has 0 aromatic heterocycles. The van der Waals surface area contributed by atoms with Crippen molar-refractivity contribution in [1.29, 1.82) is 0 Å². The first-order valence-electron chi connectivity index (χ1n) is 7.08. The highest BCUT2D eigenvalue weighted by Gasteiger charge is 2.12. The first-order valence-corrected chi connectivity index (χ1v) is 7.08. The van der Waals surface area contributed by atoms with E-state index in [0.717, 1.165) is 22.6 Å². The Balaban J connectivity index is 1.86. The molecule has 0 bridgehead atoms. The Kier molecular flexibility index (Phi) is 3.73. The van der Waals surface area contributed by atoms with E-state index in [0.29, 0.717) is 6.61 Å². The summed E-state index contributed by atoms with van der Waals surface area (Å²) in [5.41, 5.74) is 4.40. The second kappa shape index (κ2) is 5.83. The van der Waals surface area contributed by atoms with Gasteiger partial charge in [0.1, 0.15) is 5.75 Å². The van der Waals surface area contributed by atoms with Crippen molar-refractivity contribution in [1.82, 2.24) is 4.90 Å². The molecule has 21 heavy (non-hydrogen) atoms. The van der Waals surface area contributed by atoms with Gasteiger partial charge in [-0.05, 0) is 42.8 Å². The fourth-order valence-electron chi connectivity index (χ4n) is 2.27. The van der Waals surface area contributed by atoms with Gasteiger partial charge in [0, 0.05) is 36.8 Å². The van der Waals surface area contributed by atoms with Crippen molar-refractivity contribution in [3.8, 4) is 5.75 Å². The quantitative estimate of drug-likeness (QED) is 0.832. The molecule has 0 fully saturated rings. The van der Waals surface area contributed by atoms with E-state index >= 15 is 0 Å². The molecule has 0 saturated carbocycles. The summed E-state index contributed by atoms with van der Waals surface area (Å²) in [6, 6.07) is 6.01. The van der Waals surface area contributed by atoms with Crippen LogP contribution in [0.1, 0.15) is 12.5 Å². The topological polar surface area (TPSA) is 24.8 Å². The molecule has 1 aromatic rings. The van der Waals surface area contributed by atoms with E-state index in [2.05, 4.69) is 35.4 Å². The van der Waals surface area contributed by atoms with E-state index < -0.39 is 0 Å². The van der Waals surface area contributed by atoms with Gasteiger partial charge in [-0.15, -0.1) is 0 Å². The third-order valence-electron chi connectivity index (χ3n) is 3.39. The SMILES string of the molecule is CCOc1ccc2c(c1)/C(=C/C=C1C=CN(C)C=C1)C=N2. The maximum absolute atomic E-state index is 5.56. The van der Waals surface area contributed by atoms with Crippen LogP contribution in [-0.4, -0.2) is 24.8 Å². The van der Waals surface area contributed by atoms with Crippen molar-refractivity contribution < 1.29 is 4.74 Å². The third-order valence-corrected chi connectivity index (χ3v) is 3.39. The second-order valence-corrected chi connectivity index (χ2v) is 4.96. The highest BCUT2D eigenvalue weighted by Crippen LogP contribution is 2.34. The van der Waals surface area contributed by atoms with E-state index in [4.69, 9.17) is 4.74 Å². The zero-order valence-corrected chi connectivity index (χ0v) is 12.3. The number of fused-ring (bicyclic) bond motifs is 1. The molecule has 0 amide bonds. The summed E-state index contributed by atoms with van der Waals surface area (Å²) in [6.45, 7) is 2.66. The van der Waals surface area contributed by atoms with Gasteiger partial charge in [-0.25, -0.2) is 0 Å². The fraction of sp³-hybridized carbons (Fsp3) is 0.167. The smallest absolute Gasteiger partial charge is 0.120 e. The molecule has 3 heteroatoms. The lowest BCUT2D eigenvalue weighted by molar-refractivity contribution is 0.340. The van der Waals surface area contributed by atoms with Gasteiger partial charge in [0.05, 0.1) is 12.3 Å². The van der Waals surface area contributed by atoms with Gasteiger partial charge in [0.25, 0.3) is 0 Å². The average molecular weight is 278 g/mol. The van der Waals surface area contributed by atoms with Crippen LogP contribution in [0.4, 0.5) is 5.69 Å². The maximum Gasteiger partial charge on any atom is 0.120 e. The van der Waals surface area contributed by atoms with Gasteiger partial charge in [-0.2, -0.15) is 0 Å². The fourth-order valence-corrected chi connectivity index (χ4v) is 2.27. The van der Waals surface area contributed by atoms with Crippen LogP contribution in [0.25, 0.3) is 5.57 Å². The Morgan fingerprint density at radius 1 is 1.19 bits per heavy atom. The Hall–Kier alpha value is -2.55.